The van der Waals surface area contributed by atoms with Gasteiger partial charge < -0.3 is 5.73 Å². The molecule has 0 aromatic heterocycles. The molecule has 14 heavy (non-hydrogen) atoms. The van der Waals surface area contributed by atoms with Crippen molar-refractivity contribution in [3.05, 3.63) is 54.6 Å². The van der Waals surface area contributed by atoms with Gasteiger partial charge >= 0.3 is 0 Å². The van der Waals surface area contributed by atoms with Crippen LogP contribution in [0.5, 0.6) is 0 Å². The van der Waals surface area contributed by atoms with E-state index in [1.807, 2.05) is 24.3 Å². The zero-order chi connectivity index (χ0) is 9.80. The van der Waals surface area contributed by atoms with Crippen LogP contribution >= 0.6 is 8.58 Å². The Morgan fingerprint density at radius 3 is 2.14 bits per heavy atom. The molecular weight excluding hydrogens is 189 g/mol. The molecule has 1 unspecified atom stereocenters. The van der Waals surface area contributed by atoms with Crippen LogP contribution in [0.3, 0.4) is 0 Å². The van der Waals surface area contributed by atoms with Crippen LogP contribution in [0, 0.1) is 0 Å². The van der Waals surface area contributed by atoms with E-state index >= 15 is 0 Å². The fourth-order valence-corrected chi connectivity index (χ4v) is 2.37. The molecule has 2 rings (SSSR count). The Labute approximate surface area is 85.7 Å². The van der Waals surface area contributed by atoms with Gasteiger partial charge in [0.1, 0.15) is 0 Å². The van der Waals surface area contributed by atoms with Gasteiger partial charge in [-0.15, -0.1) is 0 Å². The van der Waals surface area contributed by atoms with Crippen molar-refractivity contribution >= 4 is 24.9 Å². The normalized spacial score (nSPS) is 10.9. The van der Waals surface area contributed by atoms with Crippen molar-refractivity contribution in [2.45, 2.75) is 0 Å². The molecule has 2 aromatic carbocycles. The highest BCUT2D eigenvalue weighted by Gasteiger charge is 1.98. The van der Waals surface area contributed by atoms with Crippen LogP contribution in [0.4, 0.5) is 5.69 Å². The van der Waals surface area contributed by atoms with Gasteiger partial charge in [-0.05, 0) is 11.4 Å². The predicted octanol–water partition coefficient (Wildman–Crippen LogP) is 1.90. The van der Waals surface area contributed by atoms with Crippen LogP contribution in [0.25, 0.3) is 0 Å². The number of benzene rings is 2. The SMILES string of the molecule is Nc1ccccc1Pc1ccccc1. The summed E-state index contributed by atoms with van der Waals surface area (Å²) in [6.07, 6.45) is 0. The molecule has 0 aliphatic heterocycles. The third-order valence-corrected chi connectivity index (χ3v) is 3.36. The second-order valence-electron chi connectivity index (χ2n) is 3.08. The zero-order valence-electron chi connectivity index (χ0n) is 7.77. The number of hydrogen-bond acceptors (Lipinski definition) is 1. The van der Waals surface area contributed by atoms with E-state index in [1.54, 1.807) is 0 Å². The molecule has 70 valence electrons. The van der Waals surface area contributed by atoms with Gasteiger partial charge in [-0.25, -0.2) is 0 Å². The lowest BCUT2D eigenvalue weighted by Crippen LogP contribution is -2.07. The van der Waals surface area contributed by atoms with Crippen LogP contribution in [0.1, 0.15) is 0 Å². The van der Waals surface area contributed by atoms with Crippen molar-refractivity contribution in [2.75, 3.05) is 5.73 Å². The maximum Gasteiger partial charge on any atom is 0.0392 e. The Balaban J connectivity index is 2.24. The van der Waals surface area contributed by atoms with Crippen molar-refractivity contribution in [3.8, 4) is 0 Å². The first kappa shape index (κ1) is 9.23. The minimum absolute atomic E-state index is 0.651. The average molecular weight is 201 g/mol. The number of nitrogen functional groups attached to an aromatic ring is 1. The molecule has 0 radical (unpaired) electrons. The van der Waals surface area contributed by atoms with Crippen molar-refractivity contribution in [2.24, 2.45) is 0 Å². The first-order chi connectivity index (χ1) is 6.86. The molecule has 0 saturated heterocycles. The maximum atomic E-state index is 5.88. The number of para-hydroxylation sites is 1. The van der Waals surface area contributed by atoms with Gasteiger partial charge in [-0.3, -0.25) is 0 Å². The Bertz CT molecular complexity index is 412. The topological polar surface area (TPSA) is 26.0 Å². The lowest BCUT2D eigenvalue weighted by atomic mass is 10.3. The molecule has 0 saturated carbocycles. The molecule has 0 amide bonds. The Morgan fingerprint density at radius 2 is 1.43 bits per heavy atom. The maximum absolute atomic E-state index is 5.88. The second-order valence-corrected chi connectivity index (χ2v) is 4.44. The fourth-order valence-electron chi connectivity index (χ4n) is 1.29. The van der Waals surface area contributed by atoms with Crippen LogP contribution in [-0.4, -0.2) is 0 Å². The average Bonchev–Trinajstić information content (AvgIpc) is 2.23. The lowest BCUT2D eigenvalue weighted by molar-refractivity contribution is 1.74. The lowest BCUT2D eigenvalue weighted by Gasteiger charge is -2.04. The van der Waals surface area contributed by atoms with Gasteiger partial charge in [0.05, 0.1) is 0 Å². The van der Waals surface area contributed by atoms with Gasteiger partial charge in [0.2, 0.25) is 0 Å². The standard InChI is InChI=1S/C12H12NP/c13-11-8-4-5-9-12(11)14-10-6-2-1-3-7-10/h1-9,14H,13H2. The summed E-state index contributed by atoms with van der Waals surface area (Å²) >= 11 is 0. The molecule has 2 N–H and O–H groups in total. The number of hydrogen-bond donors (Lipinski definition) is 1. The van der Waals surface area contributed by atoms with Crippen LogP contribution in [0.2, 0.25) is 0 Å². The van der Waals surface area contributed by atoms with Crippen LogP contribution in [-0.2, 0) is 0 Å². The summed E-state index contributed by atoms with van der Waals surface area (Å²) < 4.78 is 0. The third kappa shape index (κ3) is 2.12. The van der Waals surface area contributed by atoms with E-state index in [1.165, 1.54) is 10.6 Å². The van der Waals surface area contributed by atoms with Gasteiger partial charge in [0.25, 0.3) is 0 Å². The van der Waals surface area contributed by atoms with Gasteiger partial charge in [-0.1, -0.05) is 57.1 Å². The van der Waals surface area contributed by atoms with Crippen molar-refractivity contribution < 1.29 is 0 Å². The van der Waals surface area contributed by atoms with Gasteiger partial charge in [0.15, 0.2) is 0 Å². The van der Waals surface area contributed by atoms with Crippen molar-refractivity contribution in [1.29, 1.82) is 0 Å². The van der Waals surface area contributed by atoms with Crippen LogP contribution in [0.15, 0.2) is 54.6 Å². The zero-order valence-corrected chi connectivity index (χ0v) is 8.77. The minimum Gasteiger partial charge on any atom is -0.398 e. The molecule has 2 heteroatoms. The third-order valence-electron chi connectivity index (χ3n) is 2.01. The number of anilines is 1. The quantitative estimate of drug-likeness (QED) is 0.582. The highest BCUT2D eigenvalue weighted by atomic mass is 31.1. The van der Waals surface area contributed by atoms with Gasteiger partial charge in [-0.2, -0.15) is 0 Å². The summed E-state index contributed by atoms with van der Waals surface area (Å²) in [5, 5.41) is 2.55. The van der Waals surface area contributed by atoms with Crippen molar-refractivity contribution in [3.63, 3.8) is 0 Å². The molecule has 0 fully saturated rings. The summed E-state index contributed by atoms with van der Waals surface area (Å²) in [5.74, 6) is 0. The molecule has 1 nitrogen and oxygen atoms in total. The van der Waals surface area contributed by atoms with E-state index in [0.717, 1.165) is 5.69 Å². The van der Waals surface area contributed by atoms with E-state index in [9.17, 15) is 0 Å². The Hall–Kier alpha value is -1.33. The first-order valence-corrected chi connectivity index (χ1v) is 5.53. The summed E-state index contributed by atoms with van der Waals surface area (Å²) in [6.45, 7) is 0. The summed E-state index contributed by atoms with van der Waals surface area (Å²) in [7, 11) is 0.651. The molecule has 0 spiro atoms. The minimum atomic E-state index is 0.651. The van der Waals surface area contributed by atoms with E-state index in [0.29, 0.717) is 8.58 Å². The summed E-state index contributed by atoms with van der Waals surface area (Å²) in [6, 6.07) is 18.4. The predicted molar refractivity (Wildman–Crippen MR) is 64.9 cm³/mol. The molecule has 0 bridgehead atoms. The van der Waals surface area contributed by atoms with E-state index in [2.05, 4.69) is 30.3 Å². The molecular formula is C12H12NP. The fraction of sp³-hybridized carbons (Fsp3) is 0. The molecule has 2 aromatic rings. The van der Waals surface area contributed by atoms with Crippen molar-refractivity contribution in [1.82, 2.24) is 0 Å². The molecule has 0 aliphatic rings. The smallest absolute Gasteiger partial charge is 0.0392 e. The monoisotopic (exact) mass is 201 g/mol. The molecule has 1 atom stereocenters. The summed E-state index contributed by atoms with van der Waals surface area (Å²) in [5.41, 5.74) is 6.76. The second kappa shape index (κ2) is 4.26. The molecule has 0 aliphatic carbocycles. The number of rotatable bonds is 2. The highest BCUT2D eigenvalue weighted by molar-refractivity contribution is 7.55. The van der Waals surface area contributed by atoms with E-state index in [-0.39, 0.29) is 0 Å². The first-order valence-electron chi connectivity index (χ1n) is 4.53. The van der Waals surface area contributed by atoms with Gasteiger partial charge in [0, 0.05) is 11.0 Å². The number of nitrogens with two attached hydrogens (primary N) is 1. The Kier molecular flexibility index (Phi) is 2.81. The van der Waals surface area contributed by atoms with E-state index in [4.69, 9.17) is 5.73 Å². The Morgan fingerprint density at radius 1 is 0.786 bits per heavy atom. The molecule has 0 heterocycles. The highest BCUT2D eigenvalue weighted by Crippen LogP contribution is 2.14. The van der Waals surface area contributed by atoms with Crippen LogP contribution < -0.4 is 16.3 Å². The van der Waals surface area contributed by atoms with E-state index < -0.39 is 0 Å². The largest absolute Gasteiger partial charge is 0.398 e. The summed E-state index contributed by atoms with van der Waals surface area (Å²) in [4.78, 5) is 0.